The number of nitrogens with zero attached hydrogens (tertiary/aromatic N) is 1. The van der Waals surface area contributed by atoms with Crippen molar-refractivity contribution < 1.29 is 4.39 Å². The van der Waals surface area contributed by atoms with Gasteiger partial charge in [-0.25, -0.2) is 4.39 Å². The number of fused-ring (bicyclic) bond motifs is 1. The summed E-state index contributed by atoms with van der Waals surface area (Å²) < 4.78 is 15.8. The Bertz CT molecular complexity index is 731. The predicted molar refractivity (Wildman–Crippen MR) is 80.2 cm³/mol. The lowest BCUT2D eigenvalue weighted by molar-refractivity contribution is 0.632. The normalized spacial score (nSPS) is 12.8. The molecule has 2 aromatic carbocycles. The summed E-state index contributed by atoms with van der Waals surface area (Å²) >= 11 is 0. The maximum Gasteiger partial charge on any atom is 0.147 e. The van der Waals surface area contributed by atoms with Crippen LogP contribution in [0.2, 0.25) is 0 Å². The second-order valence-corrected chi connectivity index (χ2v) is 5.03. The molecule has 0 radical (unpaired) electrons. The van der Waals surface area contributed by atoms with Crippen LogP contribution in [-0.2, 0) is 7.05 Å². The number of hydrogen-bond donors (Lipinski definition) is 1. The van der Waals surface area contributed by atoms with E-state index in [9.17, 15) is 4.39 Å². The zero-order valence-electron chi connectivity index (χ0n) is 11.4. The molecule has 3 rings (SSSR count). The van der Waals surface area contributed by atoms with Crippen LogP contribution in [0.3, 0.4) is 0 Å². The summed E-state index contributed by atoms with van der Waals surface area (Å²) in [6.45, 7) is 0.500. The number of rotatable bonds is 3. The molecule has 0 spiro atoms. The average molecular weight is 268 g/mol. The Morgan fingerprint density at radius 3 is 2.55 bits per heavy atom. The second kappa shape index (κ2) is 5.10. The third-order valence-electron chi connectivity index (χ3n) is 3.80. The van der Waals surface area contributed by atoms with Gasteiger partial charge in [0.25, 0.3) is 0 Å². The highest BCUT2D eigenvalue weighted by Crippen LogP contribution is 2.32. The zero-order chi connectivity index (χ0) is 14.1. The molecule has 3 heteroatoms. The molecule has 0 fully saturated rings. The summed E-state index contributed by atoms with van der Waals surface area (Å²) in [5, 5.41) is 0.937. The number of nitrogens with two attached hydrogens (primary N) is 1. The Balaban J connectivity index is 2.21. The molecule has 1 aromatic heterocycles. The third-order valence-corrected chi connectivity index (χ3v) is 3.80. The van der Waals surface area contributed by atoms with Crippen molar-refractivity contribution in [1.29, 1.82) is 0 Å². The summed E-state index contributed by atoms with van der Waals surface area (Å²) in [6.07, 6.45) is 1.98. The first-order chi connectivity index (χ1) is 9.72. The fourth-order valence-electron chi connectivity index (χ4n) is 2.86. The van der Waals surface area contributed by atoms with E-state index in [1.165, 1.54) is 6.07 Å². The molecule has 102 valence electrons. The van der Waals surface area contributed by atoms with Crippen LogP contribution in [0.15, 0.2) is 54.7 Å². The quantitative estimate of drug-likeness (QED) is 0.775. The number of halogens is 1. The Hall–Kier alpha value is -2.13. The highest BCUT2D eigenvalue weighted by Gasteiger charge is 2.19. The number of hydrogen-bond acceptors (Lipinski definition) is 1. The molecule has 0 amide bonds. The van der Waals surface area contributed by atoms with Gasteiger partial charge in [0.15, 0.2) is 0 Å². The van der Waals surface area contributed by atoms with E-state index in [1.54, 1.807) is 6.07 Å². The van der Waals surface area contributed by atoms with Crippen LogP contribution in [0.1, 0.15) is 17.0 Å². The Kier molecular flexibility index (Phi) is 3.28. The van der Waals surface area contributed by atoms with Crippen molar-refractivity contribution in [1.82, 2.24) is 4.57 Å². The Labute approximate surface area is 117 Å². The molecule has 0 aliphatic heterocycles. The van der Waals surface area contributed by atoms with Gasteiger partial charge in [-0.3, -0.25) is 0 Å². The largest absolute Gasteiger partial charge is 0.348 e. The lowest BCUT2D eigenvalue weighted by Crippen LogP contribution is -2.13. The summed E-state index contributed by atoms with van der Waals surface area (Å²) in [5.74, 6) is -0.109. The number of aryl methyl sites for hydroxylation is 1. The van der Waals surface area contributed by atoms with Gasteiger partial charge in [0.05, 0.1) is 5.52 Å². The van der Waals surface area contributed by atoms with E-state index in [1.807, 2.05) is 42.1 Å². The van der Waals surface area contributed by atoms with Crippen LogP contribution < -0.4 is 5.73 Å². The number of benzene rings is 2. The van der Waals surface area contributed by atoms with Gasteiger partial charge in [0.1, 0.15) is 5.82 Å². The number of aromatic nitrogens is 1. The van der Waals surface area contributed by atoms with Gasteiger partial charge in [-0.15, -0.1) is 0 Å². The molecule has 3 aromatic rings. The molecule has 2 N–H and O–H groups in total. The van der Waals surface area contributed by atoms with Crippen molar-refractivity contribution in [3.63, 3.8) is 0 Å². The minimum Gasteiger partial charge on any atom is -0.348 e. The van der Waals surface area contributed by atoms with Gasteiger partial charge in [-0.2, -0.15) is 0 Å². The summed E-state index contributed by atoms with van der Waals surface area (Å²) in [6, 6.07) is 15.3. The van der Waals surface area contributed by atoms with E-state index in [0.29, 0.717) is 12.1 Å². The summed E-state index contributed by atoms with van der Waals surface area (Å²) in [7, 11) is 1.87. The van der Waals surface area contributed by atoms with E-state index < -0.39 is 0 Å². The first-order valence-corrected chi connectivity index (χ1v) is 6.71. The van der Waals surface area contributed by atoms with Gasteiger partial charge < -0.3 is 10.3 Å². The molecular weight excluding hydrogens is 251 g/mol. The molecule has 20 heavy (non-hydrogen) atoms. The van der Waals surface area contributed by atoms with Gasteiger partial charge in [0, 0.05) is 31.1 Å². The van der Waals surface area contributed by atoms with Crippen LogP contribution in [0, 0.1) is 5.82 Å². The highest BCUT2D eigenvalue weighted by molar-refractivity contribution is 5.85. The Morgan fingerprint density at radius 2 is 1.85 bits per heavy atom. The van der Waals surface area contributed by atoms with Gasteiger partial charge >= 0.3 is 0 Å². The fourth-order valence-corrected chi connectivity index (χ4v) is 2.86. The van der Waals surface area contributed by atoms with Crippen molar-refractivity contribution in [2.75, 3.05) is 6.54 Å². The Morgan fingerprint density at radius 1 is 1.10 bits per heavy atom. The monoisotopic (exact) mass is 268 g/mol. The molecule has 1 atom stereocenters. The average Bonchev–Trinajstić information content (AvgIpc) is 2.80. The maximum atomic E-state index is 14.0. The smallest absolute Gasteiger partial charge is 0.147 e. The minimum absolute atomic E-state index is 0.0849. The highest BCUT2D eigenvalue weighted by atomic mass is 19.1. The molecule has 1 unspecified atom stereocenters. The number of para-hydroxylation sites is 1. The molecule has 2 nitrogen and oxygen atoms in total. The maximum absolute atomic E-state index is 14.0. The van der Waals surface area contributed by atoms with Crippen molar-refractivity contribution in [2.45, 2.75) is 5.92 Å². The summed E-state index contributed by atoms with van der Waals surface area (Å²) in [5.41, 5.74) is 8.85. The molecule has 0 aliphatic carbocycles. The lowest BCUT2D eigenvalue weighted by atomic mass is 9.91. The van der Waals surface area contributed by atoms with E-state index in [0.717, 1.165) is 16.5 Å². The molecule has 0 aliphatic rings. The van der Waals surface area contributed by atoms with Gasteiger partial charge in [-0.1, -0.05) is 42.5 Å². The van der Waals surface area contributed by atoms with Crippen LogP contribution in [0.25, 0.3) is 10.9 Å². The second-order valence-electron chi connectivity index (χ2n) is 5.03. The molecule has 0 saturated carbocycles. The van der Waals surface area contributed by atoms with Crippen LogP contribution in [0.5, 0.6) is 0 Å². The fraction of sp³-hybridized carbons (Fsp3) is 0.176. The van der Waals surface area contributed by atoms with Crippen molar-refractivity contribution in [2.24, 2.45) is 12.8 Å². The van der Waals surface area contributed by atoms with Gasteiger partial charge in [-0.05, 0) is 17.2 Å². The SMILES string of the molecule is Cn1cc(C(CN)c2ccccc2)c2cccc(F)c21. The summed E-state index contributed by atoms with van der Waals surface area (Å²) in [4.78, 5) is 0. The first kappa shape index (κ1) is 12.9. The zero-order valence-corrected chi connectivity index (χ0v) is 11.4. The molecule has 0 saturated heterocycles. The van der Waals surface area contributed by atoms with E-state index in [2.05, 4.69) is 12.1 Å². The molecule has 0 bridgehead atoms. The van der Waals surface area contributed by atoms with Gasteiger partial charge in [0.2, 0.25) is 0 Å². The van der Waals surface area contributed by atoms with E-state index in [-0.39, 0.29) is 11.7 Å². The molecule has 1 heterocycles. The third kappa shape index (κ3) is 2.00. The standard InChI is InChI=1S/C17H17FN2/c1-20-11-15(13-8-5-9-16(18)17(13)20)14(10-19)12-6-3-2-4-7-12/h2-9,11,14H,10,19H2,1H3. The van der Waals surface area contributed by atoms with Crippen LogP contribution in [0.4, 0.5) is 4.39 Å². The molecular formula is C17H17FN2. The first-order valence-electron chi connectivity index (χ1n) is 6.71. The van der Waals surface area contributed by atoms with E-state index >= 15 is 0 Å². The predicted octanol–water partition coefficient (Wildman–Crippen LogP) is 3.41. The van der Waals surface area contributed by atoms with Crippen molar-refractivity contribution >= 4 is 10.9 Å². The van der Waals surface area contributed by atoms with Crippen LogP contribution in [-0.4, -0.2) is 11.1 Å². The topological polar surface area (TPSA) is 30.9 Å². The van der Waals surface area contributed by atoms with Crippen molar-refractivity contribution in [3.8, 4) is 0 Å². The minimum atomic E-state index is -0.194. The lowest BCUT2D eigenvalue weighted by Gasteiger charge is -2.14. The van der Waals surface area contributed by atoms with Crippen molar-refractivity contribution in [3.05, 3.63) is 71.7 Å². The van der Waals surface area contributed by atoms with E-state index in [4.69, 9.17) is 5.73 Å². The van der Waals surface area contributed by atoms with Crippen LogP contribution >= 0.6 is 0 Å².